The minimum Gasteiger partial charge on any atom is -0.480 e. The summed E-state index contributed by atoms with van der Waals surface area (Å²) in [4.78, 5) is 69.8. The van der Waals surface area contributed by atoms with Crippen LogP contribution in [0.2, 0.25) is 0 Å². The van der Waals surface area contributed by atoms with Crippen molar-refractivity contribution in [2.75, 3.05) is 6.54 Å². The maximum Gasteiger partial charge on any atom is 0.326 e. The van der Waals surface area contributed by atoms with E-state index in [4.69, 9.17) is 22.3 Å². The van der Waals surface area contributed by atoms with E-state index in [0.717, 1.165) is 0 Å². The molecule has 0 aromatic rings. The number of aliphatic carboxylic acids is 1. The van der Waals surface area contributed by atoms with Gasteiger partial charge in [-0.2, -0.15) is 0 Å². The van der Waals surface area contributed by atoms with Gasteiger partial charge in [0.15, 0.2) is 0 Å². The predicted molar refractivity (Wildman–Crippen MR) is 99.6 cm³/mol. The summed E-state index contributed by atoms with van der Waals surface area (Å²) in [7, 11) is 0. The van der Waals surface area contributed by atoms with Gasteiger partial charge in [-0.3, -0.25) is 24.0 Å². The van der Waals surface area contributed by atoms with E-state index in [1.165, 1.54) is 0 Å². The fraction of sp³-hybridized carbons (Fsp3) is 0.625. The summed E-state index contributed by atoms with van der Waals surface area (Å²) in [5.74, 6) is -5.89. The Kier molecular flexibility index (Phi) is 10.9. The Balaban J connectivity index is 5.35. The van der Waals surface area contributed by atoms with Gasteiger partial charge >= 0.3 is 5.97 Å². The standard InChI is InChI=1S/C16H28N6O7/c1-7(2)13(22-12(25)6-17)15(27)21-9(5-11(19)24)14(26)20-8(16(28)29)3-4-10(18)23/h7-9,13H,3-6,17H2,1-2H3,(H2,18,23)(H2,19,24)(H,20,26)(H,21,27)(H,22,25)(H,28,29). The minimum absolute atomic E-state index is 0.283. The van der Waals surface area contributed by atoms with E-state index < -0.39 is 60.1 Å². The molecule has 5 amide bonds. The number of carbonyl (C=O) groups is 6. The Bertz CT molecular complexity index is 652. The van der Waals surface area contributed by atoms with Gasteiger partial charge in [0.05, 0.1) is 13.0 Å². The summed E-state index contributed by atoms with van der Waals surface area (Å²) >= 11 is 0. The monoisotopic (exact) mass is 416 g/mol. The van der Waals surface area contributed by atoms with Crippen LogP contribution in [0.1, 0.15) is 33.1 Å². The summed E-state index contributed by atoms with van der Waals surface area (Å²) in [6.07, 6.45) is -1.20. The molecule has 29 heavy (non-hydrogen) atoms. The molecule has 13 nitrogen and oxygen atoms in total. The van der Waals surface area contributed by atoms with Crippen molar-refractivity contribution in [2.24, 2.45) is 23.1 Å². The molecule has 3 unspecified atom stereocenters. The van der Waals surface area contributed by atoms with E-state index in [1.54, 1.807) is 13.8 Å². The number of hydrogen-bond acceptors (Lipinski definition) is 7. The molecular formula is C16H28N6O7. The lowest BCUT2D eigenvalue weighted by molar-refractivity contribution is -0.142. The second-order valence-electron chi connectivity index (χ2n) is 6.63. The van der Waals surface area contributed by atoms with Crippen molar-refractivity contribution in [3.8, 4) is 0 Å². The van der Waals surface area contributed by atoms with E-state index in [-0.39, 0.29) is 25.3 Å². The number of hydrogen-bond donors (Lipinski definition) is 7. The highest BCUT2D eigenvalue weighted by atomic mass is 16.4. The lowest BCUT2D eigenvalue weighted by atomic mass is 10.0. The zero-order valence-electron chi connectivity index (χ0n) is 16.3. The van der Waals surface area contributed by atoms with E-state index in [2.05, 4.69) is 16.0 Å². The predicted octanol–water partition coefficient (Wildman–Crippen LogP) is -3.72. The second-order valence-corrected chi connectivity index (χ2v) is 6.63. The maximum atomic E-state index is 12.5. The lowest BCUT2D eigenvalue weighted by Gasteiger charge is -2.25. The van der Waals surface area contributed by atoms with Crippen LogP contribution in [-0.4, -0.2) is 65.3 Å². The van der Waals surface area contributed by atoms with E-state index in [0.29, 0.717) is 0 Å². The lowest BCUT2D eigenvalue weighted by Crippen LogP contribution is -2.58. The Morgan fingerprint density at radius 2 is 1.41 bits per heavy atom. The fourth-order valence-corrected chi connectivity index (χ4v) is 2.26. The molecule has 0 aliphatic rings. The first kappa shape index (κ1) is 25.8. The van der Waals surface area contributed by atoms with Gasteiger partial charge in [0.25, 0.3) is 0 Å². The van der Waals surface area contributed by atoms with Crippen molar-refractivity contribution in [2.45, 2.75) is 51.2 Å². The summed E-state index contributed by atoms with van der Waals surface area (Å²) in [6.45, 7) is 2.91. The molecule has 0 rings (SSSR count). The summed E-state index contributed by atoms with van der Waals surface area (Å²) < 4.78 is 0. The smallest absolute Gasteiger partial charge is 0.326 e. The number of nitrogens with one attached hydrogen (secondary N) is 3. The quantitative estimate of drug-likeness (QED) is 0.157. The molecule has 164 valence electrons. The summed E-state index contributed by atoms with van der Waals surface area (Å²) in [5, 5.41) is 16.0. The molecule has 0 aromatic carbocycles. The van der Waals surface area contributed by atoms with Gasteiger partial charge < -0.3 is 38.3 Å². The van der Waals surface area contributed by atoms with E-state index in [1.807, 2.05) is 0 Å². The molecule has 3 atom stereocenters. The van der Waals surface area contributed by atoms with Gasteiger partial charge in [0.2, 0.25) is 29.5 Å². The molecule has 0 saturated carbocycles. The molecule has 0 bridgehead atoms. The van der Waals surface area contributed by atoms with Crippen LogP contribution in [0.3, 0.4) is 0 Å². The normalized spacial score (nSPS) is 13.7. The average molecular weight is 416 g/mol. The molecule has 0 aliphatic heterocycles. The highest BCUT2D eigenvalue weighted by Gasteiger charge is 2.31. The minimum atomic E-state index is -1.49. The Morgan fingerprint density at radius 3 is 1.83 bits per heavy atom. The van der Waals surface area contributed by atoms with Crippen molar-refractivity contribution >= 4 is 35.5 Å². The largest absolute Gasteiger partial charge is 0.480 e. The third kappa shape index (κ3) is 10.0. The second kappa shape index (κ2) is 12.3. The highest BCUT2D eigenvalue weighted by Crippen LogP contribution is 2.05. The zero-order valence-corrected chi connectivity index (χ0v) is 16.3. The molecule has 0 heterocycles. The van der Waals surface area contributed by atoms with Crippen LogP contribution < -0.4 is 33.2 Å². The molecule has 0 spiro atoms. The van der Waals surface area contributed by atoms with Gasteiger partial charge in [-0.05, 0) is 12.3 Å². The topological polar surface area (TPSA) is 237 Å². The van der Waals surface area contributed by atoms with Gasteiger partial charge in [0, 0.05) is 6.42 Å². The van der Waals surface area contributed by atoms with Gasteiger partial charge in [0.1, 0.15) is 18.1 Å². The Labute approximate surface area is 167 Å². The van der Waals surface area contributed by atoms with Crippen molar-refractivity contribution in [3.63, 3.8) is 0 Å². The first-order valence-electron chi connectivity index (χ1n) is 8.78. The van der Waals surface area contributed by atoms with Crippen LogP contribution in [-0.2, 0) is 28.8 Å². The Morgan fingerprint density at radius 1 is 0.862 bits per heavy atom. The maximum absolute atomic E-state index is 12.5. The Hall–Kier alpha value is -3.22. The van der Waals surface area contributed by atoms with Crippen molar-refractivity contribution in [1.82, 2.24) is 16.0 Å². The SMILES string of the molecule is CC(C)C(NC(=O)CN)C(=O)NC(CC(N)=O)C(=O)NC(CCC(N)=O)C(=O)O. The first-order valence-corrected chi connectivity index (χ1v) is 8.78. The first-order chi connectivity index (χ1) is 13.4. The molecule has 0 fully saturated rings. The van der Waals surface area contributed by atoms with Crippen LogP contribution in [0.4, 0.5) is 0 Å². The van der Waals surface area contributed by atoms with Gasteiger partial charge in [-0.25, -0.2) is 4.79 Å². The molecular weight excluding hydrogens is 388 g/mol. The van der Waals surface area contributed by atoms with Crippen LogP contribution in [0.25, 0.3) is 0 Å². The number of nitrogens with two attached hydrogens (primary N) is 3. The van der Waals surface area contributed by atoms with Crippen LogP contribution >= 0.6 is 0 Å². The fourth-order valence-electron chi connectivity index (χ4n) is 2.26. The van der Waals surface area contributed by atoms with Crippen LogP contribution in [0.5, 0.6) is 0 Å². The molecule has 0 saturated heterocycles. The van der Waals surface area contributed by atoms with E-state index in [9.17, 15) is 28.8 Å². The van der Waals surface area contributed by atoms with Crippen LogP contribution in [0, 0.1) is 5.92 Å². The number of carboxylic acid groups (broad SMARTS) is 1. The molecule has 0 aromatic heterocycles. The van der Waals surface area contributed by atoms with Gasteiger partial charge in [-0.15, -0.1) is 0 Å². The average Bonchev–Trinajstić information content (AvgIpc) is 2.60. The number of rotatable bonds is 13. The number of amides is 5. The molecule has 0 radical (unpaired) electrons. The number of carbonyl (C=O) groups excluding carboxylic acids is 5. The van der Waals surface area contributed by atoms with E-state index >= 15 is 0 Å². The van der Waals surface area contributed by atoms with Crippen molar-refractivity contribution < 1.29 is 33.9 Å². The molecule has 10 N–H and O–H groups in total. The zero-order chi connectivity index (χ0) is 22.7. The number of primary amides is 2. The number of carboxylic acids is 1. The third-order valence-electron chi connectivity index (χ3n) is 3.78. The molecule has 13 heteroatoms. The van der Waals surface area contributed by atoms with Crippen molar-refractivity contribution in [3.05, 3.63) is 0 Å². The third-order valence-corrected chi connectivity index (χ3v) is 3.78. The van der Waals surface area contributed by atoms with Crippen LogP contribution in [0.15, 0.2) is 0 Å². The highest BCUT2D eigenvalue weighted by molar-refractivity contribution is 5.96. The molecule has 0 aliphatic carbocycles. The summed E-state index contributed by atoms with van der Waals surface area (Å²) in [6, 6.07) is -4.02. The van der Waals surface area contributed by atoms with Crippen molar-refractivity contribution in [1.29, 1.82) is 0 Å². The van der Waals surface area contributed by atoms with Gasteiger partial charge in [-0.1, -0.05) is 13.8 Å². The summed E-state index contributed by atoms with van der Waals surface area (Å²) in [5.41, 5.74) is 15.3.